The number of anilines is 2. The average molecular weight is 302 g/mol. The van der Waals surface area contributed by atoms with Crippen molar-refractivity contribution in [1.82, 2.24) is 14.9 Å². The summed E-state index contributed by atoms with van der Waals surface area (Å²) < 4.78 is 0. The van der Waals surface area contributed by atoms with Crippen LogP contribution in [0.2, 0.25) is 0 Å². The fourth-order valence-electron chi connectivity index (χ4n) is 2.60. The third kappa shape index (κ3) is 3.05. The highest BCUT2D eigenvalue weighted by Gasteiger charge is 2.29. The van der Waals surface area contributed by atoms with Gasteiger partial charge in [-0.3, -0.25) is 4.79 Å². The van der Waals surface area contributed by atoms with Gasteiger partial charge in [-0.1, -0.05) is 6.07 Å². The maximum absolute atomic E-state index is 11.6. The van der Waals surface area contributed by atoms with Gasteiger partial charge in [0.05, 0.1) is 11.7 Å². The van der Waals surface area contributed by atoms with Crippen LogP contribution in [0.25, 0.3) is 0 Å². The molecule has 21 heavy (non-hydrogen) atoms. The van der Waals surface area contributed by atoms with E-state index in [1.165, 1.54) is 0 Å². The van der Waals surface area contributed by atoms with E-state index in [1.54, 1.807) is 18.3 Å². The topological polar surface area (TPSA) is 58.1 Å². The lowest BCUT2D eigenvalue weighted by Crippen LogP contribution is -2.28. The van der Waals surface area contributed by atoms with Crippen molar-refractivity contribution in [1.29, 1.82) is 0 Å². The van der Waals surface area contributed by atoms with Crippen molar-refractivity contribution >= 4 is 28.2 Å². The Kier molecular flexibility index (Phi) is 3.88. The summed E-state index contributed by atoms with van der Waals surface area (Å²) in [6, 6.07) is 4.08. The number of likely N-dealkylation sites (tertiary alicyclic amines) is 1. The number of carbonyl (C=O) groups excluding carboxylic acids is 1. The summed E-state index contributed by atoms with van der Waals surface area (Å²) >= 11 is 1.55. The van der Waals surface area contributed by atoms with Crippen LogP contribution < -0.4 is 5.32 Å². The van der Waals surface area contributed by atoms with Gasteiger partial charge in [-0.25, -0.2) is 9.97 Å². The summed E-state index contributed by atoms with van der Waals surface area (Å²) in [5.41, 5.74) is 2.10. The normalized spacial score (nSPS) is 18.0. The summed E-state index contributed by atoms with van der Waals surface area (Å²) in [6.07, 6.45) is 3.86. The molecule has 1 unspecified atom stereocenters. The average Bonchev–Trinajstić information content (AvgIpc) is 3.09. The van der Waals surface area contributed by atoms with Crippen molar-refractivity contribution < 1.29 is 4.79 Å². The lowest BCUT2D eigenvalue weighted by molar-refractivity contribution is -0.129. The number of pyridine rings is 1. The number of amides is 1. The van der Waals surface area contributed by atoms with Gasteiger partial charge >= 0.3 is 0 Å². The number of hydrogen-bond acceptors (Lipinski definition) is 5. The zero-order valence-corrected chi connectivity index (χ0v) is 13.0. The largest absolute Gasteiger partial charge is 0.334 e. The summed E-state index contributed by atoms with van der Waals surface area (Å²) in [7, 11) is 0. The maximum Gasteiger partial charge on any atom is 0.220 e. The molecule has 0 spiro atoms. The van der Waals surface area contributed by atoms with E-state index in [1.807, 2.05) is 35.5 Å². The smallest absolute Gasteiger partial charge is 0.220 e. The maximum atomic E-state index is 11.6. The van der Waals surface area contributed by atoms with Crippen molar-refractivity contribution in [2.24, 2.45) is 0 Å². The number of hydrogen-bond donors (Lipinski definition) is 1. The first-order valence-electron chi connectivity index (χ1n) is 7.06. The molecule has 110 valence electrons. The fraction of sp³-hybridized carbons (Fsp3) is 0.400. The number of nitrogens with zero attached hydrogens (tertiary/aromatic N) is 3. The number of thiazole rings is 1. The molecule has 5 nitrogen and oxygen atoms in total. The molecule has 1 aliphatic rings. The molecule has 1 saturated heterocycles. The lowest BCUT2D eigenvalue weighted by Gasteiger charge is -2.21. The second-order valence-corrected chi connectivity index (χ2v) is 6.15. The molecule has 6 heteroatoms. The molecule has 0 bridgehead atoms. The minimum atomic E-state index is 0.125. The Morgan fingerprint density at radius 3 is 3.05 bits per heavy atom. The van der Waals surface area contributed by atoms with E-state index in [-0.39, 0.29) is 11.9 Å². The molecule has 2 aromatic heterocycles. The molecular formula is C15H18N4OS. The number of rotatable bonds is 3. The third-order valence-electron chi connectivity index (χ3n) is 3.67. The Morgan fingerprint density at radius 2 is 2.33 bits per heavy atom. The molecule has 1 N–H and O–H groups in total. The first kappa shape index (κ1) is 14.0. The predicted octanol–water partition coefficient (Wildman–Crippen LogP) is 3.27. The van der Waals surface area contributed by atoms with E-state index in [4.69, 9.17) is 0 Å². The van der Waals surface area contributed by atoms with Crippen LogP contribution in [0.3, 0.4) is 0 Å². The number of aromatic nitrogens is 2. The van der Waals surface area contributed by atoms with E-state index in [9.17, 15) is 4.79 Å². The summed E-state index contributed by atoms with van der Waals surface area (Å²) in [5, 5.41) is 6.06. The minimum Gasteiger partial charge on any atom is -0.334 e. The Morgan fingerprint density at radius 1 is 1.48 bits per heavy atom. The van der Waals surface area contributed by atoms with Crippen molar-refractivity contribution in [3.8, 4) is 0 Å². The Balaban J connectivity index is 1.74. The van der Waals surface area contributed by atoms with E-state index in [0.29, 0.717) is 0 Å². The van der Waals surface area contributed by atoms with Gasteiger partial charge in [-0.05, 0) is 31.4 Å². The number of aryl methyl sites for hydroxylation is 1. The van der Waals surface area contributed by atoms with E-state index in [2.05, 4.69) is 15.3 Å². The van der Waals surface area contributed by atoms with Gasteiger partial charge in [0.1, 0.15) is 5.82 Å². The van der Waals surface area contributed by atoms with Gasteiger partial charge in [0, 0.05) is 25.0 Å². The quantitative estimate of drug-likeness (QED) is 0.945. The van der Waals surface area contributed by atoms with Gasteiger partial charge in [0.2, 0.25) is 5.91 Å². The molecule has 1 atom stereocenters. The van der Waals surface area contributed by atoms with Crippen LogP contribution in [0.4, 0.5) is 10.9 Å². The van der Waals surface area contributed by atoms with Gasteiger partial charge < -0.3 is 10.2 Å². The lowest BCUT2D eigenvalue weighted by atomic mass is 10.2. The Labute approximate surface area is 128 Å². The van der Waals surface area contributed by atoms with Crippen LogP contribution in [0.5, 0.6) is 0 Å². The SMILES string of the molecule is CC(=O)N1CCCC1c1csc(Nc2ccc(C)cn2)n1. The van der Waals surface area contributed by atoms with E-state index < -0.39 is 0 Å². The highest BCUT2D eigenvalue weighted by atomic mass is 32.1. The second kappa shape index (κ2) is 5.81. The van der Waals surface area contributed by atoms with Gasteiger partial charge in [0.25, 0.3) is 0 Å². The van der Waals surface area contributed by atoms with Gasteiger partial charge in [-0.15, -0.1) is 11.3 Å². The number of nitrogens with one attached hydrogen (secondary N) is 1. The molecule has 0 aromatic carbocycles. The second-order valence-electron chi connectivity index (χ2n) is 5.29. The Hall–Kier alpha value is -1.95. The standard InChI is InChI=1S/C15H18N4OS/c1-10-5-6-14(16-8-10)18-15-17-12(9-21-15)13-4-3-7-19(13)11(2)20/h5-6,8-9,13H,3-4,7H2,1-2H3,(H,16,17,18). The molecule has 1 amide bonds. The summed E-state index contributed by atoms with van der Waals surface area (Å²) in [6.45, 7) is 4.47. The van der Waals surface area contributed by atoms with Gasteiger partial charge in [-0.2, -0.15) is 0 Å². The summed E-state index contributed by atoms with van der Waals surface area (Å²) in [5.74, 6) is 0.913. The van der Waals surface area contributed by atoms with Crippen LogP contribution in [0.15, 0.2) is 23.7 Å². The summed E-state index contributed by atoms with van der Waals surface area (Å²) in [4.78, 5) is 22.5. The van der Waals surface area contributed by atoms with Crippen LogP contribution in [-0.4, -0.2) is 27.3 Å². The van der Waals surface area contributed by atoms with E-state index in [0.717, 1.165) is 41.6 Å². The van der Waals surface area contributed by atoms with E-state index >= 15 is 0 Å². The Bertz CT molecular complexity index is 637. The van der Waals surface area contributed by atoms with Gasteiger partial charge in [0.15, 0.2) is 5.13 Å². The van der Waals surface area contributed by atoms with Crippen LogP contribution >= 0.6 is 11.3 Å². The molecule has 2 aromatic rings. The monoisotopic (exact) mass is 302 g/mol. The zero-order valence-electron chi connectivity index (χ0n) is 12.2. The van der Waals surface area contributed by atoms with Crippen molar-refractivity contribution in [2.75, 3.05) is 11.9 Å². The molecule has 0 aliphatic carbocycles. The zero-order chi connectivity index (χ0) is 14.8. The highest BCUT2D eigenvalue weighted by molar-refractivity contribution is 7.13. The molecular weight excluding hydrogens is 284 g/mol. The predicted molar refractivity (Wildman–Crippen MR) is 83.7 cm³/mol. The molecule has 0 saturated carbocycles. The molecule has 1 fully saturated rings. The molecule has 1 aliphatic heterocycles. The third-order valence-corrected chi connectivity index (χ3v) is 4.44. The minimum absolute atomic E-state index is 0.125. The van der Waals surface area contributed by atoms with Crippen molar-refractivity contribution in [3.05, 3.63) is 35.0 Å². The molecule has 3 rings (SSSR count). The number of carbonyl (C=O) groups is 1. The van der Waals surface area contributed by atoms with Crippen LogP contribution in [0.1, 0.15) is 37.1 Å². The highest BCUT2D eigenvalue weighted by Crippen LogP contribution is 2.34. The van der Waals surface area contributed by atoms with Crippen molar-refractivity contribution in [3.63, 3.8) is 0 Å². The molecule has 0 radical (unpaired) electrons. The van der Waals surface area contributed by atoms with Crippen LogP contribution in [0, 0.1) is 6.92 Å². The first-order chi connectivity index (χ1) is 10.1. The molecule has 3 heterocycles. The van der Waals surface area contributed by atoms with Crippen LogP contribution in [-0.2, 0) is 4.79 Å². The first-order valence-corrected chi connectivity index (χ1v) is 7.94. The fourth-order valence-corrected chi connectivity index (χ4v) is 3.36. The van der Waals surface area contributed by atoms with Crippen molar-refractivity contribution in [2.45, 2.75) is 32.7 Å².